The van der Waals surface area contributed by atoms with Crippen molar-refractivity contribution >= 4 is 27.6 Å². The fraction of sp³-hybridized carbons (Fsp3) is 0.364. The van der Waals surface area contributed by atoms with Crippen molar-refractivity contribution in [3.05, 3.63) is 28.2 Å². The lowest BCUT2D eigenvalue weighted by Crippen LogP contribution is -2.19. The number of anilines is 1. The SMILES string of the molecule is Cc1ccc(NC(C)CC(=O)O)c(Br)c1. The summed E-state index contributed by atoms with van der Waals surface area (Å²) < 4.78 is 0.958. The molecule has 0 amide bonds. The molecule has 15 heavy (non-hydrogen) atoms. The highest BCUT2D eigenvalue weighted by molar-refractivity contribution is 9.10. The molecule has 0 spiro atoms. The van der Waals surface area contributed by atoms with Gasteiger partial charge in [-0.2, -0.15) is 0 Å². The van der Waals surface area contributed by atoms with Crippen molar-refractivity contribution in [2.45, 2.75) is 26.3 Å². The molecule has 2 N–H and O–H groups in total. The van der Waals surface area contributed by atoms with Crippen LogP contribution in [0.15, 0.2) is 22.7 Å². The van der Waals surface area contributed by atoms with E-state index in [9.17, 15) is 4.79 Å². The van der Waals surface area contributed by atoms with Crippen molar-refractivity contribution in [1.29, 1.82) is 0 Å². The maximum Gasteiger partial charge on any atom is 0.305 e. The summed E-state index contributed by atoms with van der Waals surface area (Å²) in [4.78, 5) is 10.5. The number of rotatable bonds is 4. The van der Waals surface area contributed by atoms with Crippen molar-refractivity contribution in [1.82, 2.24) is 0 Å². The first-order chi connectivity index (χ1) is 6.99. The summed E-state index contributed by atoms with van der Waals surface area (Å²) in [6.45, 7) is 3.86. The molecule has 4 heteroatoms. The normalized spacial score (nSPS) is 12.2. The van der Waals surface area contributed by atoms with Crippen LogP contribution >= 0.6 is 15.9 Å². The van der Waals surface area contributed by atoms with Gasteiger partial charge in [-0.1, -0.05) is 6.07 Å². The average molecular weight is 272 g/mol. The summed E-state index contributed by atoms with van der Waals surface area (Å²) in [5, 5.41) is 11.8. The second-order valence-electron chi connectivity index (χ2n) is 3.63. The summed E-state index contributed by atoms with van der Waals surface area (Å²) in [5.41, 5.74) is 2.09. The van der Waals surface area contributed by atoms with E-state index in [1.54, 1.807) is 0 Å². The molecule has 0 bridgehead atoms. The van der Waals surface area contributed by atoms with Crippen molar-refractivity contribution in [2.75, 3.05) is 5.32 Å². The van der Waals surface area contributed by atoms with Gasteiger partial charge in [-0.3, -0.25) is 4.79 Å². The number of nitrogens with one attached hydrogen (secondary N) is 1. The van der Waals surface area contributed by atoms with Crippen molar-refractivity contribution in [3.63, 3.8) is 0 Å². The molecule has 0 aliphatic rings. The lowest BCUT2D eigenvalue weighted by Gasteiger charge is -2.14. The highest BCUT2D eigenvalue weighted by Crippen LogP contribution is 2.24. The Morgan fingerprint density at radius 1 is 1.60 bits per heavy atom. The van der Waals surface area contributed by atoms with Crippen LogP contribution in [-0.2, 0) is 4.79 Å². The van der Waals surface area contributed by atoms with Gasteiger partial charge in [0.05, 0.1) is 6.42 Å². The third-order valence-corrected chi connectivity index (χ3v) is 2.66. The van der Waals surface area contributed by atoms with Gasteiger partial charge in [-0.15, -0.1) is 0 Å². The highest BCUT2D eigenvalue weighted by Gasteiger charge is 2.08. The van der Waals surface area contributed by atoms with E-state index in [-0.39, 0.29) is 12.5 Å². The largest absolute Gasteiger partial charge is 0.481 e. The number of benzene rings is 1. The molecule has 0 saturated carbocycles. The smallest absolute Gasteiger partial charge is 0.305 e. The maximum atomic E-state index is 10.5. The van der Waals surface area contributed by atoms with E-state index in [1.165, 1.54) is 5.56 Å². The number of halogens is 1. The molecule has 1 aromatic carbocycles. The van der Waals surface area contributed by atoms with E-state index in [1.807, 2.05) is 32.0 Å². The molecule has 3 nitrogen and oxygen atoms in total. The molecule has 0 aromatic heterocycles. The lowest BCUT2D eigenvalue weighted by atomic mass is 10.2. The predicted octanol–water partition coefficient (Wildman–Crippen LogP) is 3.03. The summed E-state index contributed by atoms with van der Waals surface area (Å²) in [6.07, 6.45) is 0.111. The van der Waals surface area contributed by atoms with Crippen LogP contribution in [0.2, 0.25) is 0 Å². The van der Waals surface area contributed by atoms with E-state index >= 15 is 0 Å². The average Bonchev–Trinajstić information content (AvgIpc) is 2.08. The zero-order chi connectivity index (χ0) is 11.4. The van der Waals surface area contributed by atoms with Crippen LogP contribution in [0.25, 0.3) is 0 Å². The summed E-state index contributed by atoms with van der Waals surface area (Å²) in [6, 6.07) is 5.84. The molecule has 1 aromatic rings. The van der Waals surface area contributed by atoms with Crippen LogP contribution in [-0.4, -0.2) is 17.1 Å². The topological polar surface area (TPSA) is 49.3 Å². The molecule has 82 valence electrons. The lowest BCUT2D eigenvalue weighted by molar-refractivity contribution is -0.137. The molecular weight excluding hydrogens is 258 g/mol. The molecule has 1 unspecified atom stereocenters. The van der Waals surface area contributed by atoms with E-state index < -0.39 is 5.97 Å². The number of aliphatic carboxylic acids is 1. The van der Waals surface area contributed by atoms with Crippen molar-refractivity contribution < 1.29 is 9.90 Å². The Balaban J connectivity index is 2.68. The minimum atomic E-state index is -0.793. The van der Waals surface area contributed by atoms with Gasteiger partial charge in [-0.25, -0.2) is 0 Å². The highest BCUT2D eigenvalue weighted by atomic mass is 79.9. The Bertz CT molecular complexity index is 366. The van der Waals surface area contributed by atoms with Crippen LogP contribution in [0, 0.1) is 6.92 Å². The quantitative estimate of drug-likeness (QED) is 0.885. The van der Waals surface area contributed by atoms with Crippen LogP contribution in [0.5, 0.6) is 0 Å². The van der Waals surface area contributed by atoms with Gasteiger partial charge in [0, 0.05) is 16.2 Å². The summed E-state index contributed by atoms with van der Waals surface area (Å²) in [7, 11) is 0. The van der Waals surface area contributed by atoms with Gasteiger partial charge in [0.2, 0.25) is 0 Å². The van der Waals surface area contributed by atoms with E-state index in [0.717, 1.165) is 10.2 Å². The van der Waals surface area contributed by atoms with Gasteiger partial charge in [0.1, 0.15) is 0 Å². The number of hydrogen-bond donors (Lipinski definition) is 2. The Kier molecular flexibility index (Phi) is 4.15. The zero-order valence-corrected chi connectivity index (χ0v) is 10.3. The predicted molar refractivity (Wildman–Crippen MR) is 64.2 cm³/mol. The number of aryl methyl sites for hydroxylation is 1. The second kappa shape index (κ2) is 5.16. The van der Waals surface area contributed by atoms with Gasteiger partial charge in [0.25, 0.3) is 0 Å². The Morgan fingerprint density at radius 2 is 2.27 bits per heavy atom. The summed E-state index contributed by atoms with van der Waals surface area (Å²) in [5.74, 6) is -0.793. The zero-order valence-electron chi connectivity index (χ0n) is 8.75. The van der Waals surface area contributed by atoms with Crippen molar-refractivity contribution in [3.8, 4) is 0 Å². The minimum Gasteiger partial charge on any atom is -0.481 e. The monoisotopic (exact) mass is 271 g/mol. The molecule has 0 saturated heterocycles. The van der Waals surface area contributed by atoms with E-state index in [0.29, 0.717) is 0 Å². The number of carboxylic acid groups (broad SMARTS) is 1. The van der Waals surface area contributed by atoms with Crippen LogP contribution in [0.4, 0.5) is 5.69 Å². The Labute approximate surface area is 97.6 Å². The first-order valence-electron chi connectivity index (χ1n) is 4.73. The van der Waals surface area contributed by atoms with Gasteiger partial charge < -0.3 is 10.4 Å². The van der Waals surface area contributed by atoms with E-state index in [2.05, 4.69) is 21.2 Å². The first kappa shape index (κ1) is 12.0. The first-order valence-corrected chi connectivity index (χ1v) is 5.53. The molecule has 0 aliphatic carbocycles. The van der Waals surface area contributed by atoms with Crippen LogP contribution in [0.1, 0.15) is 18.9 Å². The van der Waals surface area contributed by atoms with Crippen molar-refractivity contribution in [2.24, 2.45) is 0 Å². The minimum absolute atomic E-state index is 0.0819. The molecule has 0 aliphatic heterocycles. The number of carbonyl (C=O) groups is 1. The van der Waals surface area contributed by atoms with E-state index in [4.69, 9.17) is 5.11 Å². The fourth-order valence-electron chi connectivity index (χ4n) is 1.32. The number of hydrogen-bond acceptors (Lipinski definition) is 2. The van der Waals surface area contributed by atoms with Crippen LogP contribution < -0.4 is 5.32 Å². The molecule has 0 radical (unpaired) electrons. The second-order valence-corrected chi connectivity index (χ2v) is 4.48. The Morgan fingerprint density at radius 3 is 2.80 bits per heavy atom. The molecular formula is C11H14BrNO2. The Hall–Kier alpha value is -1.03. The molecule has 1 rings (SSSR count). The molecule has 1 atom stereocenters. The van der Waals surface area contributed by atoms with Gasteiger partial charge in [-0.05, 0) is 47.5 Å². The van der Waals surface area contributed by atoms with Gasteiger partial charge >= 0.3 is 5.97 Å². The summed E-state index contributed by atoms with van der Waals surface area (Å²) >= 11 is 3.43. The van der Waals surface area contributed by atoms with Crippen LogP contribution in [0.3, 0.4) is 0 Å². The fourth-order valence-corrected chi connectivity index (χ4v) is 1.92. The maximum absolute atomic E-state index is 10.5. The third-order valence-electron chi connectivity index (χ3n) is 2.01. The molecule has 0 heterocycles. The van der Waals surface area contributed by atoms with Gasteiger partial charge in [0.15, 0.2) is 0 Å². The number of carboxylic acids is 1. The molecule has 0 fully saturated rings. The standard InChI is InChI=1S/C11H14BrNO2/c1-7-3-4-10(9(12)5-7)13-8(2)6-11(14)15/h3-5,8,13H,6H2,1-2H3,(H,14,15). The third kappa shape index (κ3) is 3.91.